The van der Waals surface area contributed by atoms with Crippen molar-refractivity contribution in [2.75, 3.05) is 17.4 Å². The van der Waals surface area contributed by atoms with Gasteiger partial charge in [0.1, 0.15) is 11.5 Å². The van der Waals surface area contributed by atoms with E-state index in [1.807, 2.05) is 54.6 Å². The van der Waals surface area contributed by atoms with E-state index in [1.165, 1.54) is 0 Å². The summed E-state index contributed by atoms with van der Waals surface area (Å²) in [5, 5.41) is 12.6. The number of nitrogens with zero attached hydrogens (tertiary/aromatic N) is 2. The minimum absolute atomic E-state index is 0.0744. The second-order valence-corrected chi connectivity index (χ2v) is 13.7. The Labute approximate surface area is 303 Å². The normalized spacial score (nSPS) is 19.2. The number of benzene rings is 6. The molecule has 6 aromatic rings. The monoisotopic (exact) mass is 679 g/mol. The third-order valence-electron chi connectivity index (χ3n) is 10.5. The van der Waals surface area contributed by atoms with Crippen molar-refractivity contribution in [1.29, 1.82) is 0 Å². The summed E-state index contributed by atoms with van der Waals surface area (Å²) in [4.78, 5) is 15.2. The van der Waals surface area contributed by atoms with Crippen LogP contribution >= 0.6 is 0 Å². The lowest BCUT2D eigenvalue weighted by Crippen LogP contribution is -2.50. The predicted octanol–water partition coefficient (Wildman–Crippen LogP) is 10.0. The van der Waals surface area contributed by atoms with E-state index in [0.717, 1.165) is 78.3 Å². The summed E-state index contributed by atoms with van der Waals surface area (Å²) in [6.07, 6.45) is 2.28. The van der Waals surface area contributed by atoms with Crippen molar-refractivity contribution < 1.29 is 14.3 Å². The van der Waals surface area contributed by atoms with Gasteiger partial charge in [-0.25, -0.2) is 5.01 Å². The summed E-state index contributed by atoms with van der Waals surface area (Å²) >= 11 is 0. The topological polar surface area (TPSA) is 63.2 Å². The second kappa shape index (κ2) is 12.7. The van der Waals surface area contributed by atoms with Crippen LogP contribution in [0.3, 0.4) is 0 Å². The number of methoxy groups -OCH3 is 1. The number of allylic oxidation sites excluding steroid dienone is 3. The van der Waals surface area contributed by atoms with Crippen molar-refractivity contribution in [2.45, 2.75) is 19.8 Å². The van der Waals surface area contributed by atoms with Crippen LogP contribution in [0, 0.1) is 25.7 Å². The lowest BCUT2D eigenvalue weighted by molar-refractivity contribution is -0.124. The van der Waals surface area contributed by atoms with Gasteiger partial charge in [-0.1, -0.05) is 114 Å². The van der Waals surface area contributed by atoms with Crippen molar-refractivity contribution in [3.05, 3.63) is 185 Å². The highest BCUT2D eigenvalue weighted by atomic mass is 16.5. The molecule has 254 valence electrons. The van der Waals surface area contributed by atoms with Gasteiger partial charge in [0.25, 0.3) is 5.91 Å². The highest BCUT2D eigenvalue weighted by Gasteiger charge is 2.52. The van der Waals surface area contributed by atoms with Gasteiger partial charge in [-0.3, -0.25) is 4.79 Å². The summed E-state index contributed by atoms with van der Waals surface area (Å²) in [6, 6.07) is 47.2. The molecule has 3 unspecified atom stereocenters. The number of carbonyl (C=O) groups is 1. The number of hydrogen-bond donors (Lipinski definition) is 1. The van der Waals surface area contributed by atoms with Gasteiger partial charge in [0.05, 0.1) is 24.4 Å². The van der Waals surface area contributed by atoms with E-state index in [2.05, 4.69) is 110 Å². The van der Waals surface area contributed by atoms with Gasteiger partial charge in [0.2, 0.25) is 5.88 Å². The Balaban J connectivity index is 1.35. The number of para-hydroxylation sites is 1. The molecule has 0 radical (unpaired) electrons. The number of nitrogens with one attached hydrogen (secondary N) is 1. The quantitative estimate of drug-likeness (QED) is 0.190. The van der Waals surface area contributed by atoms with Gasteiger partial charge >= 0.3 is 0 Å². The zero-order chi connectivity index (χ0) is 35.3. The average Bonchev–Trinajstić information content (AvgIpc) is 3.19. The Kier molecular flexibility index (Phi) is 7.73. The van der Waals surface area contributed by atoms with E-state index < -0.39 is 11.8 Å². The minimum atomic E-state index is -0.540. The molecular weight excluding hydrogens is 643 g/mol. The Bertz CT molecular complexity index is 2430. The highest BCUT2D eigenvalue weighted by molar-refractivity contribution is 6.16. The maximum Gasteiger partial charge on any atom is 0.252 e. The smallest absolute Gasteiger partial charge is 0.252 e. The van der Waals surface area contributed by atoms with Gasteiger partial charge in [0.15, 0.2) is 0 Å². The molecule has 0 fully saturated rings. The largest absolute Gasteiger partial charge is 0.497 e. The van der Waals surface area contributed by atoms with Crippen molar-refractivity contribution in [3.63, 3.8) is 0 Å². The van der Waals surface area contributed by atoms with Gasteiger partial charge in [-0.05, 0) is 78.4 Å². The van der Waals surface area contributed by atoms with Crippen LogP contribution in [0.5, 0.6) is 11.5 Å². The molecule has 6 nitrogen and oxygen atoms in total. The molecule has 2 aliphatic heterocycles. The van der Waals surface area contributed by atoms with Gasteiger partial charge in [0, 0.05) is 34.0 Å². The van der Waals surface area contributed by atoms with Crippen LogP contribution in [0.25, 0.3) is 16.3 Å². The van der Waals surface area contributed by atoms with E-state index in [4.69, 9.17) is 14.6 Å². The molecule has 9 rings (SSSR count). The molecule has 3 aliphatic rings. The Morgan fingerprint density at radius 3 is 2.17 bits per heavy atom. The number of hydrogen-bond acceptors (Lipinski definition) is 5. The van der Waals surface area contributed by atoms with E-state index in [-0.39, 0.29) is 11.8 Å². The van der Waals surface area contributed by atoms with Crippen LogP contribution in [-0.2, 0) is 4.79 Å². The number of hydrazone groups is 1. The van der Waals surface area contributed by atoms with Crippen molar-refractivity contribution in [3.8, 4) is 11.5 Å². The van der Waals surface area contributed by atoms with E-state index in [0.29, 0.717) is 5.88 Å². The van der Waals surface area contributed by atoms with Gasteiger partial charge in [-0.15, -0.1) is 0 Å². The van der Waals surface area contributed by atoms with E-state index in [9.17, 15) is 0 Å². The van der Waals surface area contributed by atoms with E-state index in [1.54, 1.807) is 12.1 Å². The Morgan fingerprint density at radius 2 is 1.44 bits per heavy atom. The number of amides is 1. The molecule has 0 aromatic heterocycles. The van der Waals surface area contributed by atoms with Crippen molar-refractivity contribution in [1.82, 2.24) is 0 Å². The maximum absolute atomic E-state index is 15.2. The molecule has 52 heavy (non-hydrogen) atoms. The molecule has 1 amide bonds. The van der Waals surface area contributed by atoms with Crippen LogP contribution in [0.15, 0.2) is 162 Å². The first-order valence-electron chi connectivity index (χ1n) is 17.7. The molecule has 6 heteroatoms. The number of anilines is 2. The maximum atomic E-state index is 15.2. The van der Waals surface area contributed by atoms with Crippen LogP contribution < -0.4 is 19.8 Å². The molecule has 1 N–H and O–H groups in total. The summed E-state index contributed by atoms with van der Waals surface area (Å²) in [5.74, 6) is 0.799. The lowest BCUT2D eigenvalue weighted by Gasteiger charge is -2.45. The minimum Gasteiger partial charge on any atom is -0.497 e. The molecule has 0 spiro atoms. The third kappa shape index (κ3) is 5.35. The number of fused-ring (bicyclic) bond motifs is 7. The van der Waals surface area contributed by atoms with Crippen LogP contribution in [0.2, 0.25) is 0 Å². The molecule has 2 heterocycles. The average molecular weight is 680 g/mol. The van der Waals surface area contributed by atoms with Gasteiger partial charge < -0.3 is 14.8 Å². The zero-order valence-electron chi connectivity index (χ0n) is 29.2. The molecular formula is C46H37N3O3. The van der Waals surface area contributed by atoms with Crippen LogP contribution in [0.4, 0.5) is 11.4 Å². The second-order valence-electron chi connectivity index (χ2n) is 13.7. The van der Waals surface area contributed by atoms with Crippen molar-refractivity contribution in [2.24, 2.45) is 16.9 Å². The summed E-state index contributed by atoms with van der Waals surface area (Å²) in [5.41, 5.74) is 9.65. The van der Waals surface area contributed by atoms with Crippen LogP contribution in [-0.4, -0.2) is 18.7 Å². The molecule has 0 bridgehead atoms. The number of rotatable bonds is 6. The molecule has 6 aromatic carbocycles. The number of ether oxygens (including phenoxy) is 2. The first kappa shape index (κ1) is 31.6. The standard InChI is InChI=1S/C46H37N3O3/c1-28-13-17-32(18-14-28)43-42-40-39(37-26-21-30-9-7-8-12-36(30)44(37)52-45(40)47-33-22-15-29(2)16-23-33)27-38(31-19-24-35(51-3)25-20-31)41(42)46(50)49(48-43)34-10-5-4-6-11-34/h4-27,38,41-42,47H,1-3H3. The molecule has 3 atom stereocenters. The number of carbonyl (C=O) groups excluding carboxylic acids is 1. The fourth-order valence-corrected chi connectivity index (χ4v) is 7.82. The first-order chi connectivity index (χ1) is 25.5. The summed E-state index contributed by atoms with van der Waals surface area (Å²) in [6.45, 7) is 4.16. The Hall–Kier alpha value is -6.40. The fourth-order valence-electron chi connectivity index (χ4n) is 7.82. The molecule has 1 aliphatic carbocycles. The number of aryl methyl sites for hydroxylation is 2. The van der Waals surface area contributed by atoms with E-state index >= 15 is 4.79 Å². The summed E-state index contributed by atoms with van der Waals surface area (Å²) < 4.78 is 12.6. The first-order valence-corrected chi connectivity index (χ1v) is 17.7. The predicted molar refractivity (Wildman–Crippen MR) is 209 cm³/mol. The highest BCUT2D eigenvalue weighted by Crippen LogP contribution is 2.55. The molecule has 0 saturated carbocycles. The van der Waals surface area contributed by atoms with Gasteiger partial charge in [-0.2, -0.15) is 5.10 Å². The lowest BCUT2D eigenvalue weighted by atomic mass is 9.63. The third-order valence-corrected chi connectivity index (χ3v) is 10.5. The van der Waals surface area contributed by atoms with Crippen molar-refractivity contribution >= 4 is 39.3 Å². The molecule has 0 saturated heterocycles. The zero-order valence-corrected chi connectivity index (χ0v) is 29.2. The Morgan fingerprint density at radius 1 is 0.750 bits per heavy atom. The fraction of sp³-hybridized carbons (Fsp3) is 0.130. The summed E-state index contributed by atoms with van der Waals surface area (Å²) in [7, 11) is 1.67. The SMILES string of the molecule is COc1ccc(C2C=C3C(=C(Nc4ccc(C)cc4)Oc4c3ccc3ccccc43)C3C(c4ccc(C)cc4)=NN(c4ccccc4)C(=O)C32)cc1. The van der Waals surface area contributed by atoms with Crippen LogP contribution in [0.1, 0.15) is 33.7 Å².